The lowest BCUT2D eigenvalue weighted by Crippen LogP contribution is -2.30. The minimum Gasteiger partial charge on any atom is -0.462 e. The largest absolute Gasteiger partial charge is 0.462 e. The van der Waals surface area contributed by atoms with Crippen molar-refractivity contribution in [3.8, 4) is 11.1 Å². The van der Waals surface area contributed by atoms with Crippen LogP contribution in [0, 0.1) is 0 Å². The molecule has 0 aliphatic carbocycles. The number of aromatic amines is 1. The van der Waals surface area contributed by atoms with Gasteiger partial charge in [0, 0.05) is 49.8 Å². The van der Waals surface area contributed by atoms with Gasteiger partial charge in [-0.05, 0) is 61.4 Å². The van der Waals surface area contributed by atoms with E-state index in [1.165, 1.54) is 23.1 Å². The normalized spacial score (nSPS) is 11.8. The van der Waals surface area contributed by atoms with Gasteiger partial charge in [-0.2, -0.15) is 0 Å². The lowest BCUT2D eigenvalue weighted by atomic mass is 10.0. The van der Waals surface area contributed by atoms with Crippen molar-refractivity contribution >= 4 is 74.5 Å². The molecule has 52 heavy (non-hydrogen) atoms. The molecule has 0 fully saturated rings. The van der Waals surface area contributed by atoms with E-state index in [2.05, 4.69) is 20.9 Å². The average molecular weight is 729 g/mol. The van der Waals surface area contributed by atoms with Gasteiger partial charge < -0.3 is 25.7 Å². The van der Waals surface area contributed by atoms with E-state index in [0.717, 1.165) is 26.9 Å². The molecule has 9 nitrogen and oxygen atoms in total. The number of carbonyl (C=O) groups excluding carboxylic acids is 4. The Morgan fingerprint density at radius 2 is 1.60 bits per heavy atom. The standard InChI is InChI=1S/C41H36N4O5S2/c1-3-35(39(48)45-40-36(41(49)50-4-2)32(25-51-40)26-14-7-5-8-15-26)52-30-19-13-18-29(23-30)43-38(47)34(44-37(46)27-16-9-6-10-17-27)22-28-24-42-33-21-12-11-20-31(28)33/h5-25,35,42H,3-4H2,1-2H3,(H,43,47)(H,44,46)(H,45,48)/b34-22-. The van der Waals surface area contributed by atoms with Crippen LogP contribution >= 0.6 is 23.1 Å². The first-order chi connectivity index (χ1) is 25.3. The Morgan fingerprint density at radius 1 is 0.865 bits per heavy atom. The van der Waals surface area contributed by atoms with Crippen LogP contribution < -0.4 is 16.0 Å². The fourth-order valence-corrected chi connectivity index (χ4v) is 7.50. The monoisotopic (exact) mass is 728 g/mol. The van der Waals surface area contributed by atoms with Gasteiger partial charge in [-0.3, -0.25) is 14.4 Å². The van der Waals surface area contributed by atoms with Gasteiger partial charge in [-0.25, -0.2) is 4.79 Å². The number of esters is 1. The van der Waals surface area contributed by atoms with E-state index in [-0.39, 0.29) is 18.2 Å². The van der Waals surface area contributed by atoms with Crippen LogP contribution in [0.15, 0.2) is 131 Å². The summed E-state index contributed by atoms with van der Waals surface area (Å²) in [5.74, 6) is -1.70. The average Bonchev–Trinajstić information content (AvgIpc) is 3.78. The molecule has 4 N–H and O–H groups in total. The predicted octanol–water partition coefficient (Wildman–Crippen LogP) is 8.99. The molecular weight excluding hydrogens is 693 g/mol. The molecule has 1 atom stereocenters. The minimum atomic E-state index is -0.514. The number of para-hydroxylation sites is 1. The minimum absolute atomic E-state index is 0.0608. The van der Waals surface area contributed by atoms with Crippen LogP contribution in [0.1, 0.15) is 46.5 Å². The third-order valence-corrected chi connectivity index (χ3v) is 10.3. The summed E-state index contributed by atoms with van der Waals surface area (Å²) in [6, 6.07) is 33.0. The lowest BCUT2D eigenvalue weighted by molar-refractivity contribution is -0.116. The number of rotatable bonds is 13. The zero-order chi connectivity index (χ0) is 36.5. The number of carbonyl (C=O) groups is 4. The van der Waals surface area contributed by atoms with Gasteiger partial charge in [0.15, 0.2) is 0 Å². The maximum atomic E-state index is 13.8. The van der Waals surface area contributed by atoms with E-state index in [1.807, 2.05) is 79.0 Å². The van der Waals surface area contributed by atoms with Gasteiger partial charge in [0.1, 0.15) is 16.3 Å². The molecule has 3 amide bonds. The van der Waals surface area contributed by atoms with Crippen molar-refractivity contribution in [2.45, 2.75) is 30.4 Å². The topological polar surface area (TPSA) is 129 Å². The number of anilines is 2. The van der Waals surface area contributed by atoms with Crippen molar-refractivity contribution in [3.05, 3.63) is 143 Å². The molecule has 0 spiro atoms. The molecule has 2 aromatic heterocycles. The lowest BCUT2D eigenvalue weighted by Gasteiger charge is -2.16. The van der Waals surface area contributed by atoms with Crippen LogP contribution in [0.2, 0.25) is 0 Å². The molecule has 0 aliphatic rings. The number of thioether (sulfide) groups is 1. The summed E-state index contributed by atoms with van der Waals surface area (Å²) >= 11 is 2.62. The number of H-pyrrole nitrogens is 1. The fourth-order valence-electron chi connectivity index (χ4n) is 5.52. The highest BCUT2D eigenvalue weighted by molar-refractivity contribution is 8.00. The van der Waals surface area contributed by atoms with E-state index in [0.29, 0.717) is 33.8 Å². The van der Waals surface area contributed by atoms with Crippen molar-refractivity contribution in [3.63, 3.8) is 0 Å². The zero-order valence-electron chi connectivity index (χ0n) is 28.5. The van der Waals surface area contributed by atoms with Crippen LogP contribution in [0.5, 0.6) is 0 Å². The number of amides is 3. The molecule has 262 valence electrons. The van der Waals surface area contributed by atoms with Crippen molar-refractivity contribution in [1.29, 1.82) is 0 Å². The first-order valence-corrected chi connectivity index (χ1v) is 18.5. The zero-order valence-corrected chi connectivity index (χ0v) is 30.1. The summed E-state index contributed by atoms with van der Waals surface area (Å²) in [5.41, 5.74) is 4.47. The Bertz CT molecular complexity index is 2250. The van der Waals surface area contributed by atoms with Crippen LogP contribution in [0.4, 0.5) is 10.7 Å². The number of nitrogens with one attached hydrogen (secondary N) is 4. The summed E-state index contributed by atoms with van der Waals surface area (Å²) in [5, 5.41) is 11.3. The van der Waals surface area contributed by atoms with Crippen LogP contribution in [0.25, 0.3) is 28.1 Å². The quantitative estimate of drug-likeness (QED) is 0.0534. The molecule has 6 rings (SSSR count). The second-order valence-corrected chi connectivity index (χ2v) is 13.7. The molecule has 0 aliphatic heterocycles. The molecule has 4 aromatic carbocycles. The maximum Gasteiger partial charge on any atom is 0.341 e. The first kappa shape index (κ1) is 35.9. The van der Waals surface area contributed by atoms with Crippen molar-refractivity contribution in [1.82, 2.24) is 10.3 Å². The van der Waals surface area contributed by atoms with Crippen LogP contribution in [0.3, 0.4) is 0 Å². The van der Waals surface area contributed by atoms with Crippen molar-refractivity contribution < 1.29 is 23.9 Å². The molecule has 1 unspecified atom stereocenters. The Morgan fingerprint density at radius 3 is 2.35 bits per heavy atom. The van der Waals surface area contributed by atoms with Gasteiger partial charge in [-0.1, -0.05) is 79.7 Å². The van der Waals surface area contributed by atoms with E-state index in [4.69, 9.17) is 4.74 Å². The molecule has 0 radical (unpaired) electrons. The highest BCUT2D eigenvalue weighted by atomic mass is 32.2. The number of ether oxygens (including phenoxy) is 1. The van der Waals surface area contributed by atoms with E-state index >= 15 is 0 Å². The highest BCUT2D eigenvalue weighted by Crippen LogP contribution is 2.37. The molecule has 6 aromatic rings. The highest BCUT2D eigenvalue weighted by Gasteiger charge is 2.26. The van der Waals surface area contributed by atoms with E-state index in [1.54, 1.807) is 61.7 Å². The Kier molecular flexibility index (Phi) is 11.6. The third-order valence-electron chi connectivity index (χ3n) is 8.08. The van der Waals surface area contributed by atoms with Crippen molar-refractivity contribution in [2.75, 3.05) is 17.2 Å². The summed E-state index contributed by atoms with van der Waals surface area (Å²) < 4.78 is 5.35. The molecule has 0 saturated carbocycles. The SMILES string of the molecule is CCOC(=O)c1c(-c2ccccc2)csc1NC(=O)C(CC)Sc1cccc(NC(=O)/C(=C/c2c[nH]c3ccccc23)NC(=O)c2ccccc2)c1. The van der Waals surface area contributed by atoms with Gasteiger partial charge >= 0.3 is 5.97 Å². The Hall–Kier alpha value is -5.91. The number of hydrogen-bond acceptors (Lipinski definition) is 7. The number of benzene rings is 4. The second kappa shape index (κ2) is 16.9. The molecule has 11 heteroatoms. The van der Waals surface area contributed by atoms with Crippen molar-refractivity contribution in [2.24, 2.45) is 0 Å². The van der Waals surface area contributed by atoms with Gasteiger partial charge in [-0.15, -0.1) is 23.1 Å². The number of aromatic nitrogens is 1. The van der Waals surface area contributed by atoms with E-state index < -0.39 is 23.0 Å². The fraction of sp³-hybridized carbons (Fsp3) is 0.122. The van der Waals surface area contributed by atoms with Crippen LogP contribution in [-0.2, 0) is 14.3 Å². The van der Waals surface area contributed by atoms with E-state index in [9.17, 15) is 19.2 Å². The summed E-state index contributed by atoms with van der Waals surface area (Å²) in [6.07, 6.45) is 3.93. The smallest absolute Gasteiger partial charge is 0.341 e. The van der Waals surface area contributed by atoms with Gasteiger partial charge in [0.25, 0.3) is 11.8 Å². The molecule has 0 saturated heterocycles. The van der Waals surface area contributed by atoms with Gasteiger partial charge in [0.05, 0.1) is 11.9 Å². The summed E-state index contributed by atoms with van der Waals surface area (Å²) in [6.45, 7) is 3.86. The number of thiophene rings is 1. The Labute approximate surface area is 309 Å². The number of fused-ring (bicyclic) bond motifs is 1. The Balaban J connectivity index is 1.20. The molecule has 0 bridgehead atoms. The maximum absolute atomic E-state index is 13.8. The second-order valence-electron chi connectivity index (χ2n) is 11.6. The summed E-state index contributed by atoms with van der Waals surface area (Å²) in [4.78, 5) is 57.6. The molecule has 2 heterocycles. The first-order valence-electron chi connectivity index (χ1n) is 16.7. The molecular formula is C41H36N4O5S2. The van der Waals surface area contributed by atoms with Gasteiger partial charge in [0.2, 0.25) is 5.91 Å². The third kappa shape index (κ3) is 8.51. The predicted molar refractivity (Wildman–Crippen MR) is 210 cm³/mol. The number of hydrogen-bond donors (Lipinski definition) is 4. The summed E-state index contributed by atoms with van der Waals surface area (Å²) in [7, 11) is 0. The van der Waals surface area contributed by atoms with Crippen LogP contribution in [-0.4, -0.2) is 40.5 Å².